The molecule has 1 saturated heterocycles. The molecular weight excluding hydrogens is 355 g/mol. The van der Waals surface area contributed by atoms with Gasteiger partial charge in [0.25, 0.3) is 0 Å². The van der Waals surface area contributed by atoms with Gasteiger partial charge in [-0.3, -0.25) is 4.79 Å². The van der Waals surface area contributed by atoms with Crippen LogP contribution in [-0.4, -0.2) is 29.0 Å². The summed E-state index contributed by atoms with van der Waals surface area (Å²) < 4.78 is 14.4. The number of fused-ring (bicyclic) bond motifs is 1. The molecule has 7 heteroatoms. The lowest BCUT2D eigenvalue weighted by atomic mass is 10.1. The molecule has 0 unspecified atom stereocenters. The van der Waals surface area contributed by atoms with E-state index in [1.807, 2.05) is 23.1 Å². The van der Waals surface area contributed by atoms with Gasteiger partial charge in [0.05, 0.1) is 22.9 Å². The minimum Gasteiger partial charge on any atom is -0.368 e. The van der Waals surface area contributed by atoms with Gasteiger partial charge in [0.2, 0.25) is 11.9 Å². The summed E-state index contributed by atoms with van der Waals surface area (Å²) in [6, 6.07) is 9.17. The van der Waals surface area contributed by atoms with E-state index in [0.29, 0.717) is 28.5 Å². The zero-order valence-electron chi connectivity index (χ0n) is 14.3. The van der Waals surface area contributed by atoms with Crippen molar-refractivity contribution in [1.29, 1.82) is 0 Å². The van der Waals surface area contributed by atoms with Crippen LogP contribution >= 0.6 is 11.6 Å². The number of aromatic amines is 1. The van der Waals surface area contributed by atoms with Crippen molar-refractivity contribution in [1.82, 2.24) is 15.3 Å². The summed E-state index contributed by atoms with van der Waals surface area (Å²) in [5.41, 5.74) is 3.43. The minimum absolute atomic E-state index is 0.0932. The summed E-state index contributed by atoms with van der Waals surface area (Å²) in [6.45, 7) is 3.62. The molecule has 5 nitrogen and oxygen atoms in total. The summed E-state index contributed by atoms with van der Waals surface area (Å²) in [6.07, 6.45) is 1.08. The molecule has 0 saturated carbocycles. The molecule has 0 aliphatic carbocycles. The number of H-pyrrole nitrogens is 1. The van der Waals surface area contributed by atoms with Crippen molar-refractivity contribution in [3.05, 3.63) is 47.0 Å². The number of amides is 1. The second-order valence-corrected chi connectivity index (χ2v) is 6.88. The van der Waals surface area contributed by atoms with Crippen LogP contribution in [0.3, 0.4) is 0 Å². The fourth-order valence-electron chi connectivity index (χ4n) is 3.09. The van der Waals surface area contributed by atoms with E-state index < -0.39 is 5.95 Å². The predicted octanol–water partition coefficient (Wildman–Crippen LogP) is 3.87. The molecule has 0 bridgehead atoms. The van der Waals surface area contributed by atoms with E-state index in [-0.39, 0.29) is 5.91 Å². The lowest BCUT2D eigenvalue weighted by Gasteiger charge is -2.33. The third kappa shape index (κ3) is 3.12. The quantitative estimate of drug-likeness (QED) is 0.683. The monoisotopic (exact) mass is 372 g/mol. The van der Waals surface area contributed by atoms with E-state index in [2.05, 4.69) is 15.3 Å². The first-order valence-corrected chi connectivity index (χ1v) is 8.86. The third-order valence-electron chi connectivity index (χ3n) is 4.59. The summed E-state index contributed by atoms with van der Waals surface area (Å²) in [5.74, 6) is -0.569. The number of hydrogen-bond acceptors (Lipinski definition) is 3. The van der Waals surface area contributed by atoms with Gasteiger partial charge in [-0.1, -0.05) is 11.6 Å². The van der Waals surface area contributed by atoms with Crippen molar-refractivity contribution < 1.29 is 9.18 Å². The lowest BCUT2D eigenvalue weighted by molar-refractivity contribution is -0.119. The fourth-order valence-corrected chi connectivity index (χ4v) is 3.36. The van der Waals surface area contributed by atoms with Gasteiger partial charge >= 0.3 is 0 Å². The van der Waals surface area contributed by atoms with Crippen LogP contribution in [0.5, 0.6) is 0 Å². The molecule has 26 heavy (non-hydrogen) atoms. The van der Waals surface area contributed by atoms with Gasteiger partial charge in [0.15, 0.2) is 0 Å². The smallest absolute Gasteiger partial charge is 0.237 e. The van der Waals surface area contributed by atoms with Crippen molar-refractivity contribution in [2.45, 2.75) is 19.9 Å². The Labute approximate surface area is 155 Å². The third-order valence-corrected chi connectivity index (χ3v) is 4.91. The van der Waals surface area contributed by atoms with Crippen molar-refractivity contribution in [2.75, 3.05) is 18.0 Å². The number of carbonyl (C=O) groups is 1. The fraction of sp³-hybridized carbons (Fsp3) is 0.263. The van der Waals surface area contributed by atoms with E-state index in [1.54, 1.807) is 12.1 Å². The first-order valence-electron chi connectivity index (χ1n) is 8.49. The number of carbonyl (C=O) groups excluding carboxylic acids is 1. The standard InChI is InChI=1S/C19H18ClFN4O/c1-11(26)22-10-13-7-12-8-15(20)14(9-17(12)23-13)16-3-4-18(19(21)24-16)25-5-2-6-25/h3-4,7-9,23H,2,5-6,10H2,1H3,(H,22,26). The van der Waals surface area contributed by atoms with Gasteiger partial charge in [-0.2, -0.15) is 4.39 Å². The van der Waals surface area contributed by atoms with E-state index in [4.69, 9.17) is 11.6 Å². The minimum atomic E-state index is -0.476. The first kappa shape index (κ1) is 16.8. The van der Waals surface area contributed by atoms with Gasteiger partial charge in [-0.25, -0.2) is 4.98 Å². The molecule has 3 heterocycles. The van der Waals surface area contributed by atoms with Crippen LogP contribution < -0.4 is 10.2 Å². The molecule has 1 aliphatic heterocycles. The number of anilines is 1. The van der Waals surface area contributed by atoms with Crippen molar-refractivity contribution >= 4 is 34.1 Å². The molecule has 1 amide bonds. The molecule has 0 spiro atoms. The molecule has 0 atom stereocenters. The number of nitrogens with zero attached hydrogens (tertiary/aromatic N) is 2. The summed E-state index contributed by atoms with van der Waals surface area (Å²) >= 11 is 6.41. The normalized spacial score (nSPS) is 13.7. The highest BCUT2D eigenvalue weighted by molar-refractivity contribution is 6.34. The molecule has 134 valence electrons. The lowest BCUT2D eigenvalue weighted by Crippen LogP contribution is -2.37. The maximum atomic E-state index is 14.4. The molecule has 3 aromatic rings. The predicted molar refractivity (Wildman–Crippen MR) is 101 cm³/mol. The maximum absolute atomic E-state index is 14.4. The number of pyridine rings is 1. The van der Waals surface area contributed by atoms with Crippen LogP contribution in [-0.2, 0) is 11.3 Å². The number of benzene rings is 1. The second kappa shape index (κ2) is 6.61. The zero-order valence-corrected chi connectivity index (χ0v) is 15.0. The Kier molecular flexibility index (Phi) is 4.28. The van der Waals surface area contributed by atoms with E-state index in [9.17, 15) is 9.18 Å². The molecule has 2 aromatic heterocycles. The van der Waals surface area contributed by atoms with Gasteiger partial charge in [0, 0.05) is 42.2 Å². The Morgan fingerprint density at radius 3 is 2.81 bits per heavy atom. The molecule has 1 aliphatic rings. The van der Waals surface area contributed by atoms with Crippen LogP contribution in [0.15, 0.2) is 30.3 Å². The van der Waals surface area contributed by atoms with Crippen molar-refractivity contribution in [3.63, 3.8) is 0 Å². The highest BCUT2D eigenvalue weighted by Crippen LogP contribution is 2.33. The average molecular weight is 373 g/mol. The second-order valence-electron chi connectivity index (χ2n) is 6.47. The van der Waals surface area contributed by atoms with Crippen molar-refractivity contribution in [3.8, 4) is 11.3 Å². The van der Waals surface area contributed by atoms with Crippen LogP contribution in [0.25, 0.3) is 22.2 Å². The van der Waals surface area contributed by atoms with Gasteiger partial charge in [-0.15, -0.1) is 0 Å². The SMILES string of the molecule is CC(=O)NCc1cc2cc(Cl)c(-c3ccc(N4CCC4)c(F)n3)cc2[nH]1. The van der Waals surface area contributed by atoms with E-state index >= 15 is 0 Å². The molecule has 1 fully saturated rings. The maximum Gasteiger partial charge on any atom is 0.237 e. The Hall–Kier alpha value is -2.60. The highest BCUT2D eigenvalue weighted by Gasteiger charge is 2.20. The zero-order chi connectivity index (χ0) is 18.3. The van der Waals surface area contributed by atoms with Crippen LogP contribution in [0.4, 0.5) is 10.1 Å². The van der Waals surface area contributed by atoms with Crippen molar-refractivity contribution in [2.24, 2.45) is 0 Å². The van der Waals surface area contributed by atoms with Crippen LogP contribution in [0.1, 0.15) is 19.0 Å². The Balaban J connectivity index is 1.68. The number of rotatable bonds is 4. The number of aromatic nitrogens is 2. The average Bonchev–Trinajstić information content (AvgIpc) is 2.94. The van der Waals surface area contributed by atoms with E-state index in [0.717, 1.165) is 36.1 Å². The van der Waals surface area contributed by atoms with Gasteiger partial charge in [-0.05, 0) is 36.8 Å². The number of nitrogens with one attached hydrogen (secondary N) is 2. The summed E-state index contributed by atoms with van der Waals surface area (Å²) in [7, 11) is 0. The van der Waals surface area contributed by atoms with Crippen LogP contribution in [0.2, 0.25) is 5.02 Å². The van der Waals surface area contributed by atoms with Gasteiger partial charge < -0.3 is 15.2 Å². The topological polar surface area (TPSA) is 61.0 Å². The van der Waals surface area contributed by atoms with Gasteiger partial charge in [0.1, 0.15) is 0 Å². The molecule has 1 aromatic carbocycles. The first-order chi connectivity index (χ1) is 12.5. The van der Waals surface area contributed by atoms with Crippen LogP contribution in [0, 0.1) is 5.95 Å². The summed E-state index contributed by atoms with van der Waals surface area (Å²) in [4.78, 5) is 20.4. The highest BCUT2D eigenvalue weighted by atomic mass is 35.5. The number of hydrogen-bond donors (Lipinski definition) is 2. The molecular formula is C19H18ClFN4O. The Morgan fingerprint density at radius 1 is 1.35 bits per heavy atom. The molecule has 2 N–H and O–H groups in total. The Bertz CT molecular complexity index is 997. The largest absolute Gasteiger partial charge is 0.368 e. The summed E-state index contributed by atoms with van der Waals surface area (Å²) in [5, 5.41) is 4.18. The van der Waals surface area contributed by atoms with E-state index in [1.165, 1.54) is 6.92 Å². The number of halogens is 2. The molecule has 0 radical (unpaired) electrons. The Morgan fingerprint density at radius 2 is 2.15 bits per heavy atom. The molecule has 4 rings (SSSR count).